The lowest BCUT2D eigenvalue weighted by molar-refractivity contribution is 0.0344. The Bertz CT molecular complexity index is 1720. The Balaban J connectivity index is 1.44. The van der Waals surface area contributed by atoms with Crippen LogP contribution in [0.5, 0.6) is 5.75 Å². The van der Waals surface area contributed by atoms with Gasteiger partial charge in [-0.15, -0.1) is 0 Å². The number of sulfonamides is 1. The number of aromatic nitrogens is 1. The number of carbonyl (C=O) groups excluding carboxylic acids is 1. The monoisotopic (exact) mass is 632 g/mol. The first-order valence-corrected chi connectivity index (χ1v) is 16.5. The van der Waals surface area contributed by atoms with E-state index in [9.17, 15) is 18.3 Å². The largest absolute Gasteiger partial charge is 0.486 e. The number of hydrogen-bond donors (Lipinski definition) is 2. The molecule has 238 valence electrons. The molecule has 3 atom stereocenters. The quantitative estimate of drug-likeness (QED) is 0.247. The third-order valence-electron chi connectivity index (χ3n) is 8.18. The highest BCUT2D eigenvalue weighted by Gasteiger charge is 2.35. The number of aliphatic hydroxyl groups is 1. The summed E-state index contributed by atoms with van der Waals surface area (Å²) >= 11 is 0. The summed E-state index contributed by atoms with van der Waals surface area (Å²) < 4.78 is 41.3. The lowest BCUT2D eigenvalue weighted by atomic mass is 9.98. The van der Waals surface area contributed by atoms with E-state index in [0.29, 0.717) is 19.6 Å². The molecule has 4 aromatic rings. The highest BCUT2D eigenvalue weighted by Crippen LogP contribution is 2.36. The van der Waals surface area contributed by atoms with Crippen molar-refractivity contribution in [3.05, 3.63) is 95.4 Å². The minimum atomic E-state index is -4.12. The van der Waals surface area contributed by atoms with Crippen molar-refractivity contribution >= 4 is 21.6 Å². The second-order valence-electron chi connectivity index (χ2n) is 11.8. The fraction of sp³-hybridized carbons (Fsp3) is 0.353. The maximum absolute atomic E-state index is 13.8. The number of rotatable bonds is 10. The summed E-state index contributed by atoms with van der Waals surface area (Å²) in [6, 6.07) is 23.0. The number of ether oxygens (including phenoxy) is 1. The molecule has 1 aromatic heterocycles. The van der Waals surface area contributed by atoms with E-state index in [1.54, 1.807) is 36.9 Å². The van der Waals surface area contributed by atoms with Crippen LogP contribution in [0.2, 0.25) is 0 Å². The normalized spacial score (nSPS) is 17.8. The van der Waals surface area contributed by atoms with Crippen molar-refractivity contribution in [1.29, 1.82) is 0 Å². The second-order valence-corrected chi connectivity index (χ2v) is 13.4. The number of anilines is 1. The summed E-state index contributed by atoms with van der Waals surface area (Å²) in [6.07, 6.45) is -0.413. The molecule has 0 bridgehead atoms. The van der Waals surface area contributed by atoms with E-state index in [1.165, 1.54) is 6.92 Å². The third kappa shape index (κ3) is 7.06. The number of aryl methyl sites for hydroxylation is 2. The van der Waals surface area contributed by atoms with Gasteiger partial charge in [0.15, 0.2) is 16.4 Å². The molecule has 0 saturated heterocycles. The molecule has 0 radical (unpaired) electrons. The Labute approximate surface area is 264 Å². The number of likely N-dealkylation sites (N-methyl/N-ethyl adjacent to an activating group) is 1. The molecule has 0 spiro atoms. The van der Waals surface area contributed by atoms with Crippen LogP contribution in [-0.2, 0) is 16.6 Å². The Morgan fingerprint density at radius 2 is 1.73 bits per heavy atom. The molecule has 2 heterocycles. The van der Waals surface area contributed by atoms with Crippen LogP contribution in [-0.4, -0.2) is 73.3 Å². The average molecular weight is 633 g/mol. The lowest BCUT2D eigenvalue weighted by Crippen LogP contribution is -2.49. The van der Waals surface area contributed by atoms with Crippen LogP contribution >= 0.6 is 0 Å². The van der Waals surface area contributed by atoms with Crippen molar-refractivity contribution in [3.63, 3.8) is 0 Å². The molecule has 11 heteroatoms. The number of para-hydroxylation sites is 1. The third-order valence-corrected chi connectivity index (χ3v) is 9.79. The number of nitrogens with one attached hydrogen (secondary N) is 1. The van der Waals surface area contributed by atoms with E-state index in [-0.39, 0.29) is 51.8 Å². The Kier molecular flexibility index (Phi) is 9.62. The van der Waals surface area contributed by atoms with E-state index < -0.39 is 22.2 Å². The van der Waals surface area contributed by atoms with Crippen molar-refractivity contribution in [2.75, 3.05) is 31.5 Å². The van der Waals surface area contributed by atoms with Crippen molar-refractivity contribution < 1.29 is 27.6 Å². The standard InChI is InChI=1S/C34H40N4O6S/c1-22-18-38(23(2)21-39)34(40)29-12-9-13-30(36-45(41,42)33-24(3)35-44-25(33)4)32(29)43-31(22)20-37(5)19-26-14-16-28(17-15-26)27-10-7-6-8-11-27/h6-17,22-23,31,36,39H,18-21H2,1-5H3/t22-,23-,31-/m1/s1. The molecule has 2 N–H and O–H groups in total. The predicted octanol–water partition coefficient (Wildman–Crippen LogP) is 5.11. The zero-order chi connectivity index (χ0) is 32.3. The fourth-order valence-corrected chi connectivity index (χ4v) is 7.11. The van der Waals surface area contributed by atoms with E-state index in [2.05, 4.69) is 51.2 Å². The van der Waals surface area contributed by atoms with Gasteiger partial charge in [-0.2, -0.15) is 0 Å². The minimum Gasteiger partial charge on any atom is -0.486 e. The van der Waals surface area contributed by atoms with Crippen LogP contribution in [0.4, 0.5) is 5.69 Å². The zero-order valence-corrected chi connectivity index (χ0v) is 27.0. The van der Waals surface area contributed by atoms with Gasteiger partial charge in [-0.25, -0.2) is 8.42 Å². The van der Waals surface area contributed by atoms with Crippen molar-refractivity contribution in [2.24, 2.45) is 5.92 Å². The van der Waals surface area contributed by atoms with Gasteiger partial charge in [0.1, 0.15) is 11.8 Å². The van der Waals surface area contributed by atoms with Gasteiger partial charge in [-0.05, 0) is 56.6 Å². The van der Waals surface area contributed by atoms with Gasteiger partial charge in [0.2, 0.25) is 0 Å². The first-order chi connectivity index (χ1) is 21.5. The van der Waals surface area contributed by atoms with Crippen LogP contribution < -0.4 is 9.46 Å². The maximum Gasteiger partial charge on any atom is 0.267 e. The van der Waals surface area contributed by atoms with Crippen LogP contribution in [0, 0.1) is 19.8 Å². The number of nitrogens with zero attached hydrogens (tertiary/aromatic N) is 3. The predicted molar refractivity (Wildman–Crippen MR) is 173 cm³/mol. The first kappa shape index (κ1) is 32.2. The molecule has 5 rings (SSSR count). The molecule has 3 aromatic carbocycles. The number of carbonyl (C=O) groups is 1. The van der Waals surface area contributed by atoms with Gasteiger partial charge in [0.05, 0.1) is 23.9 Å². The highest BCUT2D eigenvalue weighted by atomic mass is 32.2. The molecule has 10 nitrogen and oxygen atoms in total. The summed E-state index contributed by atoms with van der Waals surface area (Å²) in [5.41, 5.74) is 4.01. The van der Waals surface area contributed by atoms with Gasteiger partial charge >= 0.3 is 0 Å². The summed E-state index contributed by atoms with van der Waals surface area (Å²) in [5.74, 6) is -0.192. The van der Waals surface area contributed by atoms with Crippen molar-refractivity contribution in [1.82, 2.24) is 15.0 Å². The maximum atomic E-state index is 13.8. The smallest absolute Gasteiger partial charge is 0.267 e. The Hall–Kier alpha value is -4.19. The van der Waals surface area contributed by atoms with Crippen LogP contribution in [0.1, 0.15) is 41.2 Å². The molecule has 0 aliphatic carbocycles. The van der Waals surface area contributed by atoms with Gasteiger partial charge in [-0.1, -0.05) is 72.7 Å². The fourth-order valence-electron chi connectivity index (χ4n) is 5.71. The van der Waals surface area contributed by atoms with Crippen LogP contribution in [0.3, 0.4) is 0 Å². The molecule has 0 fully saturated rings. The molecule has 0 saturated carbocycles. The minimum absolute atomic E-state index is 0.0595. The number of amides is 1. The van der Waals surface area contributed by atoms with E-state index in [1.807, 2.05) is 32.2 Å². The van der Waals surface area contributed by atoms with E-state index in [0.717, 1.165) is 16.7 Å². The van der Waals surface area contributed by atoms with Crippen molar-refractivity contribution in [3.8, 4) is 16.9 Å². The summed E-state index contributed by atoms with van der Waals surface area (Å²) in [4.78, 5) is 17.5. The van der Waals surface area contributed by atoms with Crippen molar-refractivity contribution in [2.45, 2.75) is 51.3 Å². The topological polar surface area (TPSA) is 125 Å². The second kappa shape index (κ2) is 13.4. The zero-order valence-electron chi connectivity index (χ0n) is 26.2. The lowest BCUT2D eigenvalue weighted by Gasteiger charge is -2.38. The molecular weight excluding hydrogens is 592 g/mol. The van der Waals surface area contributed by atoms with E-state index >= 15 is 0 Å². The molecule has 1 amide bonds. The highest BCUT2D eigenvalue weighted by molar-refractivity contribution is 7.92. The Morgan fingerprint density at radius 3 is 2.38 bits per heavy atom. The summed E-state index contributed by atoms with van der Waals surface area (Å²) in [6.45, 7) is 8.18. The molecule has 1 aliphatic heterocycles. The summed E-state index contributed by atoms with van der Waals surface area (Å²) in [7, 11) is -2.11. The van der Waals surface area contributed by atoms with Crippen LogP contribution in [0.25, 0.3) is 11.1 Å². The van der Waals surface area contributed by atoms with Gasteiger partial charge < -0.3 is 19.3 Å². The van der Waals surface area contributed by atoms with Crippen LogP contribution in [0.15, 0.2) is 82.2 Å². The average Bonchev–Trinajstić information content (AvgIpc) is 3.37. The molecule has 45 heavy (non-hydrogen) atoms. The molecule has 0 unspecified atom stereocenters. The van der Waals surface area contributed by atoms with Gasteiger partial charge in [0, 0.05) is 25.6 Å². The van der Waals surface area contributed by atoms with Gasteiger partial charge in [-0.3, -0.25) is 14.4 Å². The van der Waals surface area contributed by atoms with E-state index in [4.69, 9.17) is 9.26 Å². The van der Waals surface area contributed by atoms with Gasteiger partial charge in [0.25, 0.3) is 15.9 Å². The molecular formula is C34H40N4O6S. The number of hydrogen-bond acceptors (Lipinski definition) is 8. The first-order valence-electron chi connectivity index (χ1n) is 15.0. The SMILES string of the molecule is Cc1noc(C)c1S(=O)(=O)Nc1cccc2c1O[C@H](CN(C)Cc1ccc(-c3ccccc3)cc1)[C@H](C)CN([C@H](C)CO)C2=O. The number of aliphatic hydroxyl groups excluding tert-OH is 1. The number of fused-ring (bicyclic) bond motifs is 1. The number of benzene rings is 3. The molecule has 1 aliphatic rings. The summed E-state index contributed by atoms with van der Waals surface area (Å²) in [5, 5.41) is 13.8. The Morgan fingerprint density at radius 1 is 1.04 bits per heavy atom.